The van der Waals surface area contributed by atoms with E-state index in [9.17, 15) is 9.59 Å². The van der Waals surface area contributed by atoms with Crippen LogP contribution >= 0.6 is 22.9 Å². The molecule has 0 fully saturated rings. The SMILES string of the molecule is CCNC(=O)N(CC(=O)N1CCc2sccc2[C@H]1COc1ccc(Cl)cc1)C[C@@H](C)CC. The molecule has 2 atom stereocenters. The first kappa shape index (κ1) is 24.4. The van der Waals surface area contributed by atoms with Crippen molar-refractivity contribution in [1.82, 2.24) is 15.1 Å². The molecule has 1 aromatic carbocycles. The summed E-state index contributed by atoms with van der Waals surface area (Å²) >= 11 is 7.69. The van der Waals surface area contributed by atoms with Gasteiger partial charge in [-0.3, -0.25) is 4.79 Å². The molecule has 0 spiro atoms. The second-order valence-electron chi connectivity index (χ2n) is 8.15. The fraction of sp³-hybridized carbons (Fsp3) is 0.500. The summed E-state index contributed by atoms with van der Waals surface area (Å²) in [6, 6.07) is 8.93. The molecule has 2 aromatic rings. The van der Waals surface area contributed by atoms with Crippen LogP contribution in [-0.4, -0.2) is 54.5 Å². The summed E-state index contributed by atoms with van der Waals surface area (Å²) in [5.74, 6) is 0.977. The van der Waals surface area contributed by atoms with Gasteiger partial charge in [0.25, 0.3) is 0 Å². The number of rotatable bonds is 9. The average Bonchev–Trinajstić information content (AvgIpc) is 3.27. The molecule has 1 aromatic heterocycles. The van der Waals surface area contributed by atoms with Crippen LogP contribution in [-0.2, 0) is 11.2 Å². The van der Waals surface area contributed by atoms with Crippen molar-refractivity contribution in [2.75, 3.05) is 32.8 Å². The fourth-order valence-corrected chi connectivity index (χ4v) is 4.88. The zero-order valence-electron chi connectivity index (χ0n) is 19.0. The maximum Gasteiger partial charge on any atom is 0.317 e. The van der Waals surface area contributed by atoms with Gasteiger partial charge in [0, 0.05) is 29.5 Å². The van der Waals surface area contributed by atoms with E-state index in [0.717, 1.165) is 18.4 Å². The maximum absolute atomic E-state index is 13.4. The van der Waals surface area contributed by atoms with Crippen molar-refractivity contribution in [2.24, 2.45) is 5.92 Å². The molecule has 3 rings (SSSR count). The second kappa shape index (κ2) is 11.6. The van der Waals surface area contributed by atoms with Gasteiger partial charge < -0.3 is 19.9 Å². The molecule has 0 aliphatic carbocycles. The summed E-state index contributed by atoms with van der Waals surface area (Å²) in [4.78, 5) is 30.8. The van der Waals surface area contributed by atoms with Gasteiger partial charge in [-0.05, 0) is 60.5 Å². The van der Waals surface area contributed by atoms with Crippen LogP contribution in [0.1, 0.15) is 43.7 Å². The van der Waals surface area contributed by atoms with Crippen molar-refractivity contribution in [2.45, 2.75) is 39.7 Å². The highest BCUT2D eigenvalue weighted by molar-refractivity contribution is 7.10. The van der Waals surface area contributed by atoms with E-state index in [2.05, 4.69) is 30.6 Å². The van der Waals surface area contributed by atoms with Crippen molar-refractivity contribution < 1.29 is 14.3 Å². The van der Waals surface area contributed by atoms with Crippen LogP contribution in [0.15, 0.2) is 35.7 Å². The van der Waals surface area contributed by atoms with Crippen LogP contribution in [0.25, 0.3) is 0 Å². The molecule has 0 unspecified atom stereocenters. The van der Waals surface area contributed by atoms with E-state index in [0.29, 0.717) is 42.9 Å². The standard InChI is InChI=1S/C24H32ClN3O3S/c1-4-17(3)14-27(24(30)26-5-2)15-23(29)28-12-10-22-20(11-13-32-22)21(28)16-31-19-8-6-18(25)7-9-19/h6-9,11,13,17,21H,4-5,10,12,14-16H2,1-3H3,(H,26,30)/t17-,21+/m0/s1. The van der Waals surface area contributed by atoms with Gasteiger partial charge in [0.15, 0.2) is 0 Å². The normalized spacial score (nSPS) is 16.2. The van der Waals surface area contributed by atoms with Gasteiger partial charge in [0.05, 0.1) is 6.04 Å². The molecule has 0 bridgehead atoms. The lowest BCUT2D eigenvalue weighted by molar-refractivity contribution is -0.135. The lowest BCUT2D eigenvalue weighted by Crippen LogP contribution is -2.50. The smallest absolute Gasteiger partial charge is 0.317 e. The first-order chi connectivity index (χ1) is 15.4. The number of thiophene rings is 1. The Kier molecular flexibility index (Phi) is 8.82. The number of fused-ring (bicyclic) bond motifs is 1. The summed E-state index contributed by atoms with van der Waals surface area (Å²) in [6.07, 6.45) is 1.77. The summed E-state index contributed by atoms with van der Waals surface area (Å²) in [6.45, 7) is 8.19. The number of carbonyl (C=O) groups is 2. The van der Waals surface area contributed by atoms with Crippen LogP contribution in [0.5, 0.6) is 5.75 Å². The lowest BCUT2D eigenvalue weighted by Gasteiger charge is -2.37. The van der Waals surface area contributed by atoms with Crippen LogP contribution in [0.4, 0.5) is 4.79 Å². The van der Waals surface area contributed by atoms with E-state index in [1.807, 2.05) is 24.0 Å². The minimum absolute atomic E-state index is 0.0545. The Bertz CT molecular complexity index is 902. The number of hydrogen-bond donors (Lipinski definition) is 1. The number of carbonyl (C=O) groups excluding carboxylic acids is 2. The summed E-state index contributed by atoms with van der Waals surface area (Å²) in [7, 11) is 0. The van der Waals surface area contributed by atoms with Crippen LogP contribution < -0.4 is 10.1 Å². The second-order valence-corrected chi connectivity index (χ2v) is 9.58. The molecule has 1 aliphatic heterocycles. The Labute approximate surface area is 199 Å². The van der Waals surface area contributed by atoms with Crippen molar-refractivity contribution in [1.29, 1.82) is 0 Å². The molecule has 2 heterocycles. The Balaban J connectivity index is 1.75. The molecule has 1 N–H and O–H groups in total. The van der Waals surface area contributed by atoms with Gasteiger partial charge in [-0.1, -0.05) is 31.9 Å². The molecule has 174 valence electrons. The zero-order valence-corrected chi connectivity index (χ0v) is 20.5. The molecular formula is C24H32ClN3O3S. The van der Waals surface area contributed by atoms with E-state index < -0.39 is 0 Å². The molecule has 32 heavy (non-hydrogen) atoms. The van der Waals surface area contributed by atoms with Gasteiger partial charge in [-0.15, -0.1) is 11.3 Å². The lowest BCUT2D eigenvalue weighted by atomic mass is 10.00. The highest BCUT2D eigenvalue weighted by atomic mass is 35.5. The topological polar surface area (TPSA) is 61.9 Å². The van der Waals surface area contributed by atoms with E-state index >= 15 is 0 Å². The minimum atomic E-state index is -0.191. The van der Waals surface area contributed by atoms with Crippen molar-refractivity contribution in [3.8, 4) is 5.75 Å². The van der Waals surface area contributed by atoms with Gasteiger partial charge in [-0.25, -0.2) is 4.79 Å². The van der Waals surface area contributed by atoms with Crippen molar-refractivity contribution >= 4 is 34.9 Å². The number of halogens is 1. The molecule has 3 amide bonds. The van der Waals surface area contributed by atoms with Crippen LogP contribution in [0.2, 0.25) is 5.02 Å². The van der Waals surface area contributed by atoms with Gasteiger partial charge >= 0.3 is 6.03 Å². The van der Waals surface area contributed by atoms with Crippen LogP contribution in [0.3, 0.4) is 0 Å². The van der Waals surface area contributed by atoms with Crippen molar-refractivity contribution in [3.05, 3.63) is 51.2 Å². The molecule has 0 saturated heterocycles. The van der Waals surface area contributed by atoms with E-state index in [4.69, 9.17) is 16.3 Å². The Morgan fingerprint density at radius 2 is 2.03 bits per heavy atom. The minimum Gasteiger partial charge on any atom is -0.491 e. The third-order valence-electron chi connectivity index (χ3n) is 5.81. The quantitative estimate of drug-likeness (QED) is 0.553. The van der Waals surface area contributed by atoms with E-state index in [1.165, 1.54) is 4.88 Å². The highest BCUT2D eigenvalue weighted by Crippen LogP contribution is 2.34. The monoisotopic (exact) mass is 477 g/mol. The Morgan fingerprint density at radius 1 is 1.28 bits per heavy atom. The van der Waals surface area contributed by atoms with Crippen LogP contribution in [0, 0.1) is 5.92 Å². The molecular weight excluding hydrogens is 446 g/mol. The number of ether oxygens (including phenoxy) is 1. The van der Waals surface area contributed by atoms with Gasteiger partial charge in [0.1, 0.15) is 18.9 Å². The Hall–Kier alpha value is -2.25. The zero-order chi connectivity index (χ0) is 23.1. The average molecular weight is 478 g/mol. The summed E-state index contributed by atoms with van der Waals surface area (Å²) < 4.78 is 6.04. The molecule has 0 saturated carbocycles. The third kappa shape index (κ3) is 6.17. The summed E-state index contributed by atoms with van der Waals surface area (Å²) in [5, 5.41) is 5.56. The fourth-order valence-electron chi connectivity index (χ4n) is 3.82. The number of amides is 3. The number of hydrogen-bond acceptors (Lipinski definition) is 4. The maximum atomic E-state index is 13.4. The molecule has 1 aliphatic rings. The first-order valence-electron chi connectivity index (χ1n) is 11.2. The first-order valence-corrected chi connectivity index (χ1v) is 12.5. The van der Waals surface area contributed by atoms with E-state index in [-0.39, 0.29) is 24.5 Å². The number of nitrogens with zero attached hydrogens (tertiary/aromatic N) is 2. The van der Waals surface area contributed by atoms with E-state index in [1.54, 1.807) is 28.4 Å². The third-order valence-corrected chi connectivity index (χ3v) is 7.06. The van der Waals surface area contributed by atoms with Gasteiger partial charge in [-0.2, -0.15) is 0 Å². The van der Waals surface area contributed by atoms with Crippen molar-refractivity contribution in [3.63, 3.8) is 0 Å². The molecule has 0 radical (unpaired) electrons. The number of benzene rings is 1. The number of urea groups is 1. The van der Waals surface area contributed by atoms with Gasteiger partial charge in [0.2, 0.25) is 5.91 Å². The highest BCUT2D eigenvalue weighted by Gasteiger charge is 2.33. The summed E-state index contributed by atoms with van der Waals surface area (Å²) in [5.41, 5.74) is 1.13. The Morgan fingerprint density at radius 3 is 2.72 bits per heavy atom. The molecule has 6 nitrogen and oxygen atoms in total. The largest absolute Gasteiger partial charge is 0.491 e. The molecule has 8 heteroatoms. The predicted molar refractivity (Wildman–Crippen MR) is 130 cm³/mol. The predicted octanol–water partition coefficient (Wildman–Crippen LogP) is 4.98. The number of nitrogens with one attached hydrogen (secondary N) is 1.